The Morgan fingerprint density at radius 2 is 1.94 bits per heavy atom. The first-order valence-corrected chi connectivity index (χ1v) is 10.2. The lowest BCUT2D eigenvalue weighted by atomic mass is 10.2. The van der Waals surface area contributed by atoms with Crippen LogP contribution < -0.4 is 0 Å². The zero-order chi connectivity index (χ0) is 24.0. The molecule has 178 valence electrons. The van der Waals surface area contributed by atoms with Crippen molar-refractivity contribution in [1.82, 2.24) is 34.3 Å². The molecule has 1 aliphatic heterocycles. The van der Waals surface area contributed by atoms with Crippen LogP contribution in [-0.2, 0) is 11.3 Å². The van der Waals surface area contributed by atoms with E-state index in [2.05, 4.69) is 20.3 Å². The lowest BCUT2D eigenvalue weighted by Crippen LogP contribution is -2.33. The van der Waals surface area contributed by atoms with Gasteiger partial charge in [0.2, 0.25) is 0 Å². The summed E-state index contributed by atoms with van der Waals surface area (Å²) in [6.45, 7) is 0.143. The van der Waals surface area contributed by atoms with Crippen molar-refractivity contribution in [3.8, 4) is 11.5 Å². The molecular weight excluding hydrogens is 465 g/mol. The largest absolute Gasteiger partial charge is 0.408 e. The highest BCUT2D eigenvalue weighted by Gasteiger charge is 2.31. The van der Waals surface area contributed by atoms with E-state index in [1.807, 2.05) is 0 Å². The lowest BCUT2D eigenvalue weighted by molar-refractivity contribution is -0.141. The molecule has 0 N–H and O–H groups in total. The number of hydrogen-bond acceptors (Lipinski definition) is 6. The number of hydrogen-bond donors (Lipinski definition) is 0. The predicted octanol–water partition coefficient (Wildman–Crippen LogP) is 2.84. The maximum absolute atomic E-state index is 14.1. The van der Waals surface area contributed by atoms with Gasteiger partial charge in [-0.25, -0.2) is 8.78 Å². The van der Waals surface area contributed by atoms with Crippen molar-refractivity contribution >= 4 is 22.5 Å². The molecule has 0 spiro atoms. The molecule has 1 fully saturated rings. The van der Waals surface area contributed by atoms with Gasteiger partial charge in [-0.3, -0.25) is 18.9 Å². The third-order valence-corrected chi connectivity index (χ3v) is 5.33. The van der Waals surface area contributed by atoms with Gasteiger partial charge in [0, 0.05) is 43.5 Å². The molecule has 1 amide bonds. The molecule has 1 saturated heterocycles. The van der Waals surface area contributed by atoms with E-state index in [0.717, 1.165) is 10.6 Å². The van der Waals surface area contributed by atoms with Crippen molar-refractivity contribution in [3.63, 3.8) is 0 Å². The number of fused-ring (bicyclic) bond motifs is 2. The summed E-state index contributed by atoms with van der Waals surface area (Å²) in [4.78, 5) is 18.6. The number of alkyl halides is 3. The molecule has 5 heterocycles. The van der Waals surface area contributed by atoms with E-state index in [-0.39, 0.29) is 33.8 Å². The van der Waals surface area contributed by atoms with Gasteiger partial charge in [0.25, 0.3) is 5.91 Å². The first-order chi connectivity index (χ1) is 16.2. The van der Waals surface area contributed by atoms with E-state index in [4.69, 9.17) is 4.74 Å². The van der Waals surface area contributed by atoms with E-state index < -0.39 is 30.3 Å². The minimum Gasteiger partial charge on any atom is -0.380 e. The predicted molar refractivity (Wildman–Crippen MR) is 107 cm³/mol. The molecule has 14 heteroatoms. The fourth-order valence-corrected chi connectivity index (χ4v) is 3.84. The molecule has 0 atom stereocenters. The van der Waals surface area contributed by atoms with Crippen LogP contribution in [-0.4, -0.2) is 72.6 Å². The van der Waals surface area contributed by atoms with Gasteiger partial charge in [-0.2, -0.15) is 18.3 Å². The highest BCUT2D eigenvalue weighted by molar-refractivity contribution is 5.98. The third-order valence-electron chi connectivity index (χ3n) is 5.33. The summed E-state index contributed by atoms with van der Waals surface area (Å²) in [6, 6.07) is 1.83. The summed E-state index contributed by atoms with van der Waals surface area (Å²) in [6.07, 6.45) is -1.91. The van der Waals surface area contributed by atoms with E-state index >= 15 is 0 Å². The Hall–Kier alpha value is -3.68. The molecule has 4 aromatic rings. The van der Waals surface area contributed by atoms with Gasteiger partial charge < -0.3 is 9.64 Å². The Morgan fingerprint density at radius 3 is 2.74 bits per heavy atom. The Balaban J connectivity index is 1.65. The van der Waals surface area contributed by atoms with Crippen molar-refractivity contribution < 1.29 is 31.5 Å². The molecular formula is C20H16F5N7O2. The molecule has 0 unspecified atom stereocenters. The van der Waals surface area contributed by atoms with Crippen LogP contribution in [0.25, 0.3) is 28.1 Å². The van der Waals surface area contributed by atoms with Gasteiger partial charge in [0.05, 0.1) is 12.1 Å². The van der Waals surface area contributed by atoms with Crippen molar-refractivity contribution in [2.75, 3.05) is 26.3 Å². The second kappa shape index (κ2) is 8.27. The van der Waals surface area contributed by atoms with Crippen molar-refractivity contribution in [3.05, 3.63) is 41.9 Å². The summed E-state index contributed by atoms with van der Waals surface area (Å²) < 4.78 is 74.6. The number of pyridine rings is 2. The number of halogens is 5. The minimum absolute atomic E-state index is 0.0367. The molecule has 4 aromatic heterocycles. The number of rotatable bonds is 3. The number of amides is 1. The van der Waals surface area contributed by atoms with Crippen LogP contribution >= 0.6 is 0 Å². The smallest absolute Gasteiger partial charge is 0.380 e. The highest BCUT2D eigenvalue weighted by atomic mass is 19.4. The van der Waals surface area contributed by atoms with Gasteiger partial charge in [0.1, 0.15) is 23.7 Å². The van der Waals surface area contributed by atoms with Crippen LogP contribution in [0, 0.1) is 11.6 Å². The van der Waals surface area contributed by atoms with Crippen LogP contribution in [0.5, 0.6) is 0 Å². The quantitative estimate of drug-likeness (QED) is 0.418. The highest BCUT2D eigenvalue weighted by Crippen LogP contribution is 2.30. The topological polar surface area (TPSA) is 90.4 Å². The molecule has 0 aliphatic carbocycles. The zero-order valence-electron chi connectivity index (χ0n) is 17.4. The van der Waals surface area contributed by atoms with E-state index in [1.165, 1.54) is 17.2 Å². The number of carbonyl (C=O) groups is 1. The molecule has 34 heavy (non-hydrogen) atoms. The fourth-order valence-electron chi connectivity index (χ4n) is 3.84. The monoisotopic (exact) mass is 481 g/mol. The van der Waals surface area contributed by atoms with Gasteiger partial charge in [-0.15, -0.1) is 10.2 Å². The minimum atomic E-state index is -4.63. The Labute approximate surface area is 187 Å². The second-order valence-corrected chi connectivity index (χ2v) is 7.69. The number of carbonyl (C=O) groups excluding carboxylic acids is 1. The van der Waals surface area contributed by atoms with Gasteiger partial charge in [-0.05, 0) is 12.5 Å². The van der Waals surface area contributed by atoms with E-state index in [1.54, 1.807) is 0 Å². The molecule has 0 bridgehead atoms. The maximum Gasteiger partial charge on any atom is 0.408 e. The van der Waals surface area contributed by atoms with Crippen molar-refractivity contribution in [2.45, 2.75) is 19.1 Å². The standard InChI is InChI=1S/C20H16F5N7O2/c21-11-6-13(22)17-27-28-18(31(17)9-11)16-12-8-26-14(19(33)30-2-1-4-34-5-3-30)7-15(12)32(29-16)10-20(23,24)25/h6-9H,1-5,10H2. The molecule has 0 radical (unpaired) electrons. The maximum atomic E-state index is 14.1. The van der Waals surface area contributed by atoms with E-state index in [9.17, 15) is 26.7 Å². The summed E-state index contributed by atoms with van der Waals surface area (Å²) in [5.41, 5.74) is -0.540. The Bertz CT molecular complexity index is 1390. The van der Waals surface area contributed by atoms with Gasteiger partial charge in [-0.1, -0.05) is 0 Å². The van der Waals surface area contributed by atoms with Crippen molar-refractivity contribution in [1.29, 1.82) is 0 Å². The summed E-state index contributed by atoms with van der Waals surface area (Å²) in [7, 11) is 0. The second-order valence-electron chi connectivity index (χ2n) is 7.69. The Morgan fingerprint density at radius 1 is 1.12 bits per heavy atom. The van der Waals surface area contributed by atoms with Gasteiger partial charge in [0.15, 0.2) is 17.3 Å². The number of nitrogens with zero attached hydrogens (tertiary/aromatic N) is 7. The van der Waals surface area contributed by atoms with Crippen LogP contribution in [0.1, 0.15) is 16.9 Å². The molecule has 9 nitrogen and oxygen atoms in total. The lowest BCUT2D eigenvalue weighted by Gasteiger charge is -2.19. The summed E-state index contributed by atoms with van der Waals surface area (Å²) in [5.74, 6) is -2.56. The number of aromatic nitrogens is 6. The van der Waals surface area contributed by atoms with Gasteiger partial charge >= 0.3 is 6.18 Å². The SMILES string of the molecule is O=C(c1cc2c(cn1)c(-c1nnc3c(F)cc(F)cn13)nn2CC(F)(F)F)N1CCCOCC1. The van der Waals surface area contributed by atoms with Crippen LogP contribution in [0.2, 0.25) is 0 Å². The molecule has 0 aromatic carbocycles. The fraction of sp³-hybridized carbons (Fsp3) is 0.350. The third kappa shape index (κ3) is 4.04. The summed E-state index contributed by atoms with van der Waals surface area (Å²) in [5, 5.41) is 11.6. The van der Waals surface area contributed by atoms with Crippen LogP contribution in [0.3, 0.4) is 0 Å². The summed E-state index contributed by atoms with van der Waals surface area (Å²) >= 11 is 0. The average Bonchev–Trinajstić information content (AvgIpc) is 3.21. The molecule has 5 rings (SSSR count). The molecule has 1 aliphatic rings. The normalized spacial score (nSPS) is 15.3. The Kier molecular flexibility index (Phi) is 5.38. The number of ether oxygens (including phenoxy) is 1. The first-order valence-electron chi connectivity index (χ1n) is 10.2. The zero-order valence-corrected chi connectivity index (χ0v) is 17.4. The van der Waals surface area contributed by atoms with E-state index in [0.29, 0.717) is 43.5 Å². The average molecular weight is 481 g/mol. The van der Waals surface area contributed by atoms with Crippen LogP contribution in [0.15, 0.2) is 24.5 Å². The molecule has 0 saturated carbocycles. The van der Waals surface area contributed by atoms with Crippen molar-refractivity contribution in [2.24, 2.45) is 0 Å². The van der Waals surface area contributed by atoms with Crippen LogP contribution in [0.4, 0.5) is 22.0 Å². The first kappa shape index (κ1) is 22.1.